The molecule has 3 atom stereocenters. The molecule has 50 heavy (non-hydrogen) atoms. The van der Waals surface area contributed by atoms with E-state index in [1.807, 2.05) is 32.9 Å². The quantitative estimate of drug-likeness (QED) is 0.147. The van der Waals surface area contributed by atoms with Crippen LogP contribution >= 0.6 is 0 Å². The topological polar surface area (TPSA) is 213 Å². The van der Waals surface area contributed by atoms with E-state index in [9.17, 15) is 28.8 Å². The second-order valence-corrected chi connectivity index (χ2v) is 12.5. The summed E-state index contributed by atoms with van der Waals surface area (Å²) >= 11 is 0. The average molecular weight is 699 g/mol. The van der Waals surface area contributed by atoms with Crippen molar-refractivity contribution in [3.8, 4) is 11.5 Å². The Morgan fingerprint density at radius 1 is 0.900 bits per heavy atom. The van der Waals surface area contributed by atoms with Crippen LogP contribution in [0.25, 0.3) is 0 Å². The molecule has 2 aromatic rings. The van der Waals surface area contributed by atoms with Gasteiger partial charge in [-0.05, 0) is 62.3 Å². The Kier molecular flexibility index (Phi) is 14.6. The third-order valence-electron chi connectivity index (χ3n) is 8.17. The first kappa shape index (κ1) is 39.3. The van der Waals surface area contributed by atoms with Crippen LogP contribution in [0.15, 0.2) is 54.6 Å². The number of ether oxygens (including phenoxy) is 4. The third-order valence-corrected chi connectivity index (χ3v) is 8.17. The highest BCUT2D eigenvalue weighted by Gasteiger charge is 2.45. The van der Waals surface area contributed by atoms with Crippen molar-refractivity contribution in [3.05, 3.63) is 60.2 Å². The van der Waals surface area contributed by atoms with Crippen molar-refractivity contribution < 1.29 is 52.8 Å². The summed E-state index contributed by atoms with van der Waals surface area (Å²) in [7, 11) is 0. The normalized spacial score (nSPS) is 15.5. The van der Waals surface area contributed by atoms with E-state index in [2.05, 4.69) is 10.6 Å². The molecular weight excluding hydrogens is 652 g/mol. The fraction of sp³-hybridized carbons (Fsp3) is 0.486. The van der Waals surface area contributed by atoms with E-state index in [0.29, 0.717) is 11.5 Å². The molecule has 4 amide bonds. The summed E-state index contributed by atoms with van der Waals surface area (Å²) in [6, 6.07) is 13.0. The van der Waals surface area contributed by atoms with Crippen LogP contribution in [0.1, 0.15) is 52.0 Å². The summed E-state index contributed by atoms with van der Waals surface area (Å²) in [5, 5.41) is 14.3. The molecule has 5 N–H and O–H groups in total. The van der Waals surface area contributed by atoms with E-state index in [1.165, 1.54) is 11.8 Å². The van der Waals surface area contributed by atoms with Gasteiger partial charge < -0.3 is 45.3 Å². The minimum Gasteiger partial charge on any atom is -0.484 e. The maximum Gasteiger partial charge on any atom is 0.415 e. The van der Waals surface area contributed by atoms with E-state index in [0.717, 1.165) is 5.56 Å². The van der Waals surface area contributed by atoms with Gasteiger partial charge in [0.25, 0.3) is 5.91 Å². The SMILES string of the molecule is Cc1ccccc1OCC(=O)N[C@@H](CC(C)C)C(=O)N[C@@H](CC1(C(N)=O)CCN(C(=O)Oc2ccccc2)CC1)C(=O)OC(C)OC(=O)CO. The van der Waals surface area contributed by atoms with Crippen molar-refractivity contribution in [2.24, 2.45) is 17.1 Å². The van der Waals surface area contributed by atoms with Gasteiger partial charge in [0.1, 0.15) is 30.2 Å². The number of aliphatic hydroxyl groups excluding tert-OH is 1. The van der Waals surface area contributed by atoms with Gasteiger partial charge in [-0.15, -0.1) is 0 Å². The number of primary amides is 1. The van der Waals surface area contributed by atoms with Crippen molar-refractivity contribution in [3.63, 3.8) is 0 Å². The van der Waals surface area contributed by atoms with E-state index >= 15 is 0 Å². The molecule has 1 unspecified atom stereocenters. The van der Waals surface area contributed by atoms with E-state index in [1.54, 1.807) is 42.5 Å². The number of esters is 2. The molecule has 2 aromatic carbocycles. The minimum absolute atomic E-state index is 0.0311. The second-order valence-electron chi connectivity index (χ2n) is 12.5. The average Bonchev–Trinajstić information content (AvgIpc) is 3.07. The summed E-state index contributed by atoms with van der Waals surface area (Å²) in [5.41, 5.74) is 5.34. The van der Waals surface area contributed by atoms with Crippen molar-refractivity contribution in [2.45, 2.75) is 71.8 Å². The number of rotatable bonds is 16. The number of aryl methyl sites for hydroxylation is 1. The number of likely N-dealkylation sites (tertiary alicyclic amines) is 1. The smallest absolute Gasteiger partial charge is 0.415 e. The third kappa shape index (κ3) is 11.8. The molecule has 1 saturated heterocycles. The Labute approximate surface area is 290 Å². The van der Waals surface area contributed by atoms with Gasteiger partial charge in [0.15, 0.2) is 6.61 Å². The molecule has 1 aliphatic heterocycles. The highest BCUT2D eigenvalue weighted by molar-refractivity contribution is 5.92. The van der Waals surface area contributed by atoms with E-state index in [4.69, 9.17) is 29.8 Å². The zero-order chi connectivity index (χ0) is 36.8. The molecule has 272 valence electrons. The van der Waals surface area contributed by atoms with Crippen LogP contribution < -0.4 is 25.8 Å². The lowest BCUT2D eigenvalue weighted by Gasteiger charge is -2.40. The van der Waals surface area contributed by atoms with Gasteiger partial charge >= 0.3 is 18.0 Å². The number of hydrogen-bond acceptors (Lipinski definition) is 11. The Morgan fingerprint density at radius 3 is 2.14 bits per heavy atom. The molecule has 0 radical (unpaired) electrons. The highest BCUT2D eigenvalue weighted by atomic mass is 16.7. The van der Waals surface area contributed by atoms with Crippen LogP contribution in [0, 0.1) is 18.3 Å². The maximum atomic E-state index is 13.7. The largest absolute Gasteiger partial charge is 0.484 e. The molecule has 3 rings (SSSR count). The molecule has 15 nitrogen and oxygen atoms in total. The van der Waals surface area contributed by atoms with Crippen LogP contribution in [-0.4, -0.2) is 90.4 Å². The predicted octanol–water partition coefficient (Wildman–Crippen LogP) is 1.97. The number of aliphatic hydroxyl groups is 1. The molecule has 1 aliphatic rings. The molecule has 0 bridgehead atoms. The monoisotopic (exact) mass is 698 g/mol. The first-order chi connectivity index (χ1) is 23.7. The Bertz CT molecular complexity index is 1490. The number of amides is 4. The van der Waals surface area contributed by atoms with Gasteiger partial charge in [0.05, 0.1) is 5.41 Å². The molecular formula is C35H46N4O11. The first-order valence-corrected chi connectivity index (χ1v) is 16.3. The van der Waals surface area contributed by atoms with Crippen molar-refractivity contribution >= 4 is 35.8 Å². The van der Waals surface area contributed by atoms with Gasteiger partial charge in [-0.3, -0.25) is 14.4 Å². The minimum atomic E-state index is -1.50. The fourth-order valence-electron chi connectivity index (χ4n) is 5.47. The number of nitrogens with two attached hydrogens (primary N) is 1. The van der Waals surface area contributed by atoms with Gasteiger partial charge in [0.2, 0.25) is 18.1 Å². The fourth-order valence-corrected chi connectivity index (χ4v) is 5.47. The van der Waals surface area contributed by atoms with Crippen molar-refractivity contribution in [2.75, 3.05) is 26.3 Å². The highest BCUT2D eigenvalue weighted by Crippen LogP contribution is 2.37. The van der Waals surface area contributed by atoms with Crippen LogP contribution in [0.3, 0.4) is 0 Å². The summed E-state index contributed by atoms with van der Waals surface area (Å²) in [6.07, 6.45) is -2.16. The number of hydrogen-bond donors (Lipinski definition) is 4. The standard InChI is InChI=1S/C35H46N4O11/c1-22(2)18-26(37-29(41)21-47-28-13-9-8-10-23(28)3)31(43)38-27(32(44)49-24(4)48-30(42)20-40)19-35(33(36)45)14-16-39(17-15-35)34(46)50-25-11-6-5-7-12-25/h5-13,22,24,26-27,40H,14-21H2,1-4H3,(H2,36,45)(H,37,41)(H,38,43)/t24?,26-,27-/m0/s1. The van der Waals surface area contributed by atoms with Gasteiger partial charge in [-0.2, -0.15) is 0 Å². The number of nitrogens with one attached hydrogen (secondary N) is 2. The van der Waals surface area contributed by atoms with Crippen LogP contribution in [0.4, 0.5) is 4.79 Å². The lowest BCUT2D eigenvalue weighted by molar-refractivity contribution is -0.188. The summed E-state index contributed by atoms with van der Waals surface area (Å²) < 4.78 is 21.1. The van der Waals surface area contributed by atoms with E-state index in [-0.39, 0.29) is 51.3 Å². The van der Waals surface area contributed by atoms with Crippen molar-refractivity contribution in [1.29, 1.82) is 0 Å². The number of benzene rings is 2. The number of piperidine rings is 1. The number of carbonyl (C=O) groups is 6. The van der Waals surface area contributed by atoms with Crippen LogP contribution in [0.5, 0.6) is 11.5 Å². The molecule has 0 aromatic heterocycles. The number of para-hydroxylation sites is 2. The maximum absolute atomic E-state index is 13.7. The predicted molar refractivity (Wildman–Crippen MR) is 178 cm³/mol. The molecule has 0 saturated carbocycles. The summed E-state index contributed by atoms with van der Waals surface area (Å²) in [6.45, 7) is 5.53. The zero-order valence-corrected chi connectivity index (χ0v) is 28.7. The van der Waals surface area contributed by atoms with Gasteiger partial charge in [-0.25, -0.2) is 14.4 Å². The lowest BCUT2D eigenvalue weighted by Crippen LogP contribution is -2.57. The lowest BCUT2D eigenvalue weighted by atomic mass is 9.73. The van der Waals surface area contributed by atoms with Crippen LogP contribution in [0.2, 0.25) is 0 Å². The van der Waals surface area contributed by atoms with Gasteiger partial charge in [0, 0.05) is 20.0 Å². The summed E-state index contributed by atoms with van der Waals surface area (Å²) in [4.78, 5) is 78.9. The molecule has 1 fully saturated rings. The second kappa shape index (κ2) is 18.5. The summed E-state index contributed by atoms with van der Waals surface area (Å²) in [5.74, 6) is -3.42. The Hall–Kier alpha value is -5.18. The van der Waals surface area contributed by atoms with Crippen LogP contribution in [-0.2, 0) is 33.4 Å². The molecule has 0 spiro atoms. The first-order valence-electron chi connectivity index (χ1n) is 16.3. The Morgan fingerprint density at radius 2 is 1.54 bits per heavy atom. The molecule has 0 aliphatic carbocycles. The Balaban J connectivity index is 1.78. The van der Waals surface area contributed by atoms with Crippen molar-refractivity contribution in [1.82, 2.24) is 15.5 Å². The number of nitrogens with zero attached hydrogens (tertiary/aromatic N) is 1. The van der Waals surface area contributed by atoms with Gasteiger partial charge in [-0.1, -0.05) is 50.2 Å². The molecule has 15 heteroatoms. The van der Waals surface area contributed by atoms with E-state index < -0.39 is 66.1 Å². The number of carbonyl (C=O) groups excluding carboxylic acids is 6. The molecule has 1 heterocycles. The zero-order valence-electron chi connectivity index (χ0n) is 28.7.